The second kappa shape index (κ2) is 6.13. The van der Waals surface area contributed by atoms with E-state index in [2.05, 4.69) is 23.7 Å². The number of carbonyl (C=O) groups is 1. The van der Waals surface area contributed by atoms with Gasteiger partial charge in [0.25, 0.3) is 0 Å². The number of nitrogens with zero attached hydrogens (tertiary/aromatic N) is 1. The summed E-state index contributed by atoms with van der Waals surface area (Å²) < 4.78 is 5.36. The molecule has 2 atom stereocenters. The molecule has 3 rings (SSSR count). The van der Waals surface area contributed by atoms with Crippen molar-refractivity contribution in [1.29, 1.82) is 0 Å². The third kappa shape index (κ3) is 2.75. The van der Waals surface area contributed by atoms with Gasteiger partial charge >= 0.3 is 5.97 Å². The summed E-state index contributed by atoms with van der Waals surface area (Å²) in [5.41, 5.74) is 2.25. The summed E-state index contributed by atoms with van der Waals surface area (Å²) in [7, 11) is 0. The van der Waals surface area contributed by atoms with Crippen LogP contribution in [0.2, 0.25) is 0 Å². The lowest BCUT2D eigenvalue weighted by atomic mass is 9.91. The number of aromatic amines is 1. The predicted molar refractivity (Wildman–Crippen MR) is 88.2 cm³/mol. The van der Waals surface area contributed by atoms with Gasteiger partial charge in [0, 0.05) is 42.7 Å². The highest BCUT2D eigenvalue weighted by molar-refractivity contribution is 5.91. The fourth-order valence-corrected chi connectivity index (χ4v) is 3.60. The first-order chi connectivity index (χ1) is 10.6. The van der Waals surface area contributed by atoms with Crippen molar-refractivity contribution in [3.05, 3.63) is 30.0 Å². The van der Waals surface area contributed by atoms with Gasteiger partial charge < -0.3 is 9.72 Å². The molecule has 0 amide bonds. The van der Waals surface area contributed by atoms with E-state index in [-0.39, 0.29) is 5.97 Å². The lowest BCUT2D eigenvalue weighted by Gasteiger charge is -2.47. The van der Waals surface area contributed by atoms with Crippen molar-refractivity contribution in [3.63, 3.8) is 0 Å². The second-order valence-electron chi connectivity index (χ2n) is 6.22. The Bertz CT molecular complexity index is 677. The molecular formula is C18H24N2O2. The molecule has 2 aromatic rings. The number of rotatable bonds is 5. The Balaban J connectivity index is 1.80. The average Bonchev–Trinajstić information content (AvgIpc) is 2.88. The van der Waals surface area contributed by atoms with Gasteiger partial charge in [0.05, 0.1) is 0 Å². The highest BCUT2D eigenvalue weighted by Crippen LogP contribution is 2.31. The Morgan fingerprint density at radius 3 is 2.95 bits per heavy atom. The van der Waals surface area contributed by atoms with Gasteiger partial charge in [-0.05, 0) is 43.9 Å². The molecule has 4 nitrogen and oxygen atoms in total. The van der Waals surface area contributed by atoms with Gasteiger partial charge in [-0.2, -0.15) is 0 Å². The zero-order valence-corrected chi connectivity index (χ0v) is 13.6. The highest BCUT2D eigenvalue weighted by atomic mass is 16.5. The zero-order valence-electron chi connectivity index (χ0n) is 13.6. The molecule has 1 N–H and O–H groups in total. The van der Waals surface area contributed by atoms with Crippen molar-refractivity contribution in [2.45, 2.75) is 52.1 Å². The summed E-state index contributed by atoms with van der Waals surface area (Å²) in [4.78, 5) is 17.2. The van der Waals surface area contributed by atoms with Gasteiger partial charge in [-0.3, -0.25) is 9.69 Å². The van der Waals surface area contributed by atoms with E-state index in [1.165, 1.54) is 25.3 Å². The van der Waals surface area contributed by atoms with Gasteiger partial charge in [-0.15, -0.1) is 0 Å². The fourth-order valence-electron chi connectivity index (χ4n) is 3.60. The third-order valence-corrected chi connectivity index (χ3v) is 4.76. The van der Waals surface area contributed by atoms with E-state index < -0.39 is 0 Å². The van der Waals surface area contributed by atoms with Crippen LogP contribution in [-0.2, 0) is 11.2 Å². The Hall–Kier alpha value is -1.81. The molecule has 1 aliphatic rings. The minimum atomic E-state index is -0.276. The Morgan fingerprint density at radius 2 is 2.27 bits per heavy atom. The molecular weight excluding hydrogens is 276 g/mol. The van der Waals surface area contributed by atoms with E-state index in [0.29, 0.717) is 11.8 Å². The van der Waals surface area contributed by atoms with E-state index in [1.807, 2.05) is 24.4 Å². The van der Waals surface area contributed by atoms with Crippen molar-refractivity contribution >= 4 is 16.9 Å². The molecule has 0 aliphatic carbocycles. The molecule has 1 aliphatic heterocycles. The Kier molecular flexibility index (Phi) is 4.21. The SMILES string of the molecule is CCC1CC(C)N1CCc1c[nH]c2cccc(OC(C)=O)c12. The van der Waals surface area contributed by atoms with Crippen LogP contribution in [0.3, 0.4) is 0 Å². The van der Waals surface area contributed by atoms with Crippen molar-refractivity contribution in [1.82, 2.24) is 9.88 Å². The predicted octanol–water partition coefficient (Wildman–Crippen LogP) is 3.51. The molecule has 2 heterocycles. The summed E-state index contributed by atoms with van der Waals surface area (Å²) in [6.07, 6.45) is 5.54. The molecule has 1 fully saturated rings. The monoisotopic (exact) mass is 300 g/mol. The quantitative estimate of drug-likeness (QED) is 0.679. The molecule has 1 saturated heterocycles. The number of fused-ring (bicyclic) bond motifs is 1. The van der Waals surface area contributed by atoms with Crippen LogP contribution in [0.25, 0.3) is 10.9 Å². The molecule has 118 valence electrons. The number of hydrogen-bond acceptors (Lipinski definition) is 3. The van der Waals surface area contributed by atoms with Crippen LogP contribution in [0, 0.1) is 0 Å². The molecule has 1 aromatic heterocycles. The normalized spacial score (nSPS) is 21.8. The smallest absolute Gasteiger partial charge is 0.308 e. The summed E-state index contributed by atoms with van der Waals surface area (Å²) in [6.45, 7) is 7.06. The van der Waals surface area contributed by atoms with Crippen molar-refractivity contribution in [2.75, 3.05) is 6.54 Å². The van der Waals surface area contributed by atoms with Crippen LogP contribution in [0.1, 0.15) is 39.2 Å². The number of likely N-dealkylation sites (tertiary alicyclic amines) is 1. The van der Waals surface area contributed by atoms with Crippen molar-refractivity contribution in [2.24, 2.45) is 0 Å². The number of esters is 1. The van der Waals surface area contributed by atoms with Gasteiger partial charge in [0.15, 0.2) is 0 Å². The molecule has 2 unspecified atom stereocenters. The number of nitrogens with one attached hydrogen (secondary N) is 1. The first-order valence-electron chi connectivity index (χ1n) is 8.13. The van der Waals surface area contributed by atoms with E-state index in [9.17, 15) is 4.79 Å². The maximum atomic E-state index is 11.3. The molecule has 0 bridgehead atoms. The number of H-pyrrole nitrogens is 1. The number of aromatic nitrogens is 1. The number of benzene rings is 1. The van der Waals surface area contributed by atoms with E-state index in [0.717, 1.165) is 29.9 Å². The van der Waals surface area contributed by atoms with Crippen LogP contribution < -0.4 is 4.74 Å². The van der Waals surface area contributed by atoms with Crippen molar-refractivity contribution in [3.8, 4) is 5.75 Å². The van der Waals surface area contributed by atoms with Crippen LogP contribution in [0.15, 0.2) is 24.4 Å². The molecule has 1 aromatic carbocycles. The van der Waals surface area contributed by atoms with E-state index >= 15 is 0 Å². The van der Waals surface area contributed by atoms with Gasteiger partial charge in [-0.25, -0.2) is 0 Å². The summed E-state index contributed by atoms with van der Waals surface area (Å²) >= 11 is 0. The number of ether oxygens (including phenoxy) is 1. The van der Waals surface area contributed by atoms with Gasteiger partial charge in [-0.1, -0.05) is 13.0 Å². The second-order valence-corrected chi connectivity index (χ2v) is 6.22. The van der Waals surface area contributed by atoms with Crippen LogP contribution in [0.4, 0.5) is 0 Å². The Morgan fingerprint density at radius 1 is 1.45 bits per heavy atom. The summed E-state index contributed by atoms with van der Waals surface area (Å²) in [6, 6.07) is 7.21. The molecule has 22 heavy (non-hydrogen) atoms. The first kappa shape index (κ1) is 15.1. The lowest BCUT2D eigenvalue weighted by Crippen LogP contribution is -2.54. The largest absolute Gasteiger partial charge is 0.426 e. The standard InChI is InChI=1S/C18H24N2O2/c1-4-15-10-12(2)20(15)9-8-14-11-19-16-6-5-7-17(18(14)16)22-13(3)21/h5-7,11-12,15,19H,4,8-10H2,1-3H3. The topological polar surface area (TPSA) is 45.3 Å². The molecule has 4 heteroatoms. The number of carbonyl (C=O) groups excluding carboxylic acids is 1. The lowest BCUT2D eigenvalue weighted by molar-refractivity contribution is -0.131. The molecule has 0 radical (unpaired) electrons. The van der Waals surface area contributed by atoms with Crippen LogP contribution in [-0.4, -0.2) is 34.5 Å². The Labute approximate surface area is 131 Å². The summed E-state index contributed by atoms with van der Waals surface area (Å²) in [5, 5.41) is 1.04. The molecule has 0 spiro atoms. The third-order valence-electron chi connectivity index (χ3n) is 4.76. The van der Waals surface area contributed by atoms with Crippen molar-refractivity contribution < 1.29 is 9.53 Å². The van der Waals surface area contributed by atoms with Crippen LogP contribution in [0.5, 0.6) is 5.75 Å². The van der Waals surface area contributed by atoms with Gasteiger partial charge in [0.1, 0.15) is 5.75 Å². The van der Waals surface area contributed by atoms with Gasteiger partial charge in [0.2, 0.25) is 0 Å². The minimum absolute atomic E-state index is 0.276. The number of hydrogen-bond donors (Lipinski definition) is 1. The zero-order chi connectivity index (χ0) is 15.7. The maximum absolute atomic E-state index is 11.3. The van der Waals surface area contributed by atoms with E-state index in [4.69, 9.17) is 4.74 Å². The first-order valence-corrected chi connectivity index (χ1v) is 8.13. The summed E-state index contributed by atoms with van der Waals surface area (Å²) in [5.74, 6) is 0.381. The highest BCUT2D eigenvalue weighted by Gasteiger charge is 2.33. The maximum Gasteiger partial charge on any atom is 0.308 e. The average molecular weight is 300 g/mol. The fraction of sp³-hybridized carbons (Fsp3) is 0.500. The molecule has 0 saturated carbocycles. The van der Waals surface area contributed by atoms with Crippen LogP contribution >= 0.6 is 0 Å². The minimum Gasteiger partial charge on any atom is -0.426 e. The van der Waals surface area contributed by atoms with E-state index in [1.54, 1.807) is 0 Å².